The van der Waals surface area contributed by atoms with Crippen LogP contribution in [0, 0.1) is 0 Å². The molecule has 1 atom stereocenters. The van der Waals surface area contributed by atoms with E-state index in [9.17, 15) is 4.79 Å². The molecule has 1 aliphatic rings. The molecule has 0 bridgehead atoms. The van der Waals surface area contributed by atoms with Crippen LogP contribution in [0.3, 0.4) is 0 Å². The summed E-state index contributed by atoms with van der Waals surface area (Å²) >= 11 is 0. The Morgan fingerprint density at radius 3 is 2.83 bits per heavy atom. The summed E-state index contributed by atoms with van der Waals surface area (Å²) in [6, 6.07) is 3.75. The van der Waals surface area contributed by atoms with Gasteiger partial charge in [0.2, 0.25) is 0 Å². The van der Waals surface area contributed by atoms with E-state index in [1.54, 1.807) is 30.7 Å². The number of carbonyl (C=O) groups excluding carboxylic acids is 1. The van der Waals surface area contributed by atoms with E-state index in [1.807, 2.05) is 0 Å². The van der Waals surface area contributed by atoms with E-state index in [-0.39, 0.29) is 11.9 Å². The molecule has 7 nitrogen and oxygen atoms in total. The Morgan fingerprint density at radius 2 is 2.08 bits per heavy atom. The molecule has 3 heterocycles. The first-order chi connectivity index (χ1) is 11.7. The zero-order chi connectivity index (χ0) is 16.8. The van der Waals surface area contributed by atoms with Gasteiger partial charge in [-0.05, 0) is 19.1 Å². The normalized spacial score (nSPS) is 16.5. The fraction of sp³-hybridized carbons (Fsp3) is 0.412. The third kappa shape index (κ3) is 4.12. The van der Waals surface area contributed by atoms with Gasteiger partial charge in [0, 0.05) is 55.4 Å². The van der Waals surface area contributed by atoms with Gasteiger partial charge in [-0.3, -0.25) is 14.7 Å². The number of ether oxygens (including phenoxy) is 1. The number of nitrogens with zero attached hydrogens (tertiary/aromatic N) is 4. The first-order valence-corrected chi connectivity index (χ1v) is 8.05. The van der Waals surface area contributed by atoms with Crippen LogP contribution in [0.15, 0.2) is 37.1 Å². The Bertz CT molecular complexity index is 674. The molecule has 3 rings (SSSR count). The van der Waals surface area contributed by atoms with Crippen molar-refractivity contribution in [1.82, 2.24) is 25.2 Å². The highest BCUT2D eigenvalue weighted by Crippen LogP contribution is 2.15. The van der Waals surface area contributed by atoms with Crippen LogP contribution in [-0.2, 0) is 4.74 Å². The van der Waals surface area contributed by atoms with E-state index in [0.717, 1.165) is 31.9 Å². The van der Waals surface area contributed by atoms with Crippen LogP contribution in [0.2, 0.25) is 0 Å². The van der Waals surface area contributed by atoms with E-state index in [0.29, 0.717) is 17.8 Å². The van der Waals surface area contributed by atoms with Gasteiger partial charge in [-0.25, -0.2) is 9.97 Å². The van der Waals surface area contributed by atoms with Crippen molar-refractivity contribution >= 4 is 5.91 Å². The predicted molar refractivity (Wildman–Crippen MR) is 89.5 cm³/mol. The molecule has 7 heteroatoms. The maximum Gasteiger partial charge on any atom is 0.251 e. The minimum atomic E-state index is -0.101. The van der Waals surface area contributed by atoms with Crippen LogP contribution in [-0.4, -0.2) is 64.6 Å². The monoisotopic (exact) mass is 327 g/mol. The second-order valence-corrected chi connectivity index (χ2v) is 5.76. The van der Waals surface area contributed by atoms with Gasteiger partial charge in [-0.15, -0.1) is 0 Å². The molecule has 1 N–H and O–H groups in total. The first kappa shape index (κ1) is 16.5. The summed E-state index contributed by atoms with van der Waals surface area (Å²) in [5.41, 5.74) is 2.05. The van der Waals surface area contributed by atoms with Gasteiger partial charge in [-0.1, -0.05) is 0 Å². The summed E-state index contributed by atoms with van der Waals surface area (Å²) in [4.78, 5) is 27.0. The summed E-state index contributed by atoms with van der Waals surface area (Å²) in [6.45, 7) is 6.04. The predicted octanol–water partition coefficient (Wildman–Crippen LogP) is 0.989. The Kier molecular flexibility index (Phi) is 5.45. The Balaban J connectivity index is 1.61. The molecule has 0 aliphatic carbocycles. The largest absolute Gasteiger partial charge is 0.379 e. The Hall–Kier alpha value is -2.38. The van der Waals surface area contributed by atoms with Gasteiger partial charge in [0.1, 0.15) is 6.33 Å². The van der Waals surface area contributed by atoms with E-state index in [4.69, 9.17) is 4.74 Å². The van der Waals surface area contributed by atoms with Crippen molar-refractivity contribution in [2.75, 3.05) is 32.8 Å². The molecule has 2 aromatic heterocycles. The van der Waals surface area contributed by atoms with Gasteiger partial charge >= 0.3 is 0 Å². The van der Waals surface area contributed by atoms with Gasteiger partial charge in [0.15, 0.2) is 0 Å². The highest BCUT2D eigenvalue weighted by Gasteiger charge is 2.18. The topological polar surface area (TPSA) is 80.2 Å². The van der Waals surface area contributed by atoms with Crippen molar-refractivity contribution in [3.63, 3.8) is 0 Å². The highest BCUT2D eigenvalue weighted by molar-refractivity contribution is 5.95. The lowest BCUT2D eigenvalue weighted by Crippen LogP contribution is -2.47. The molecule has 1 aliphatic heterocycles. The zero-order valence-electron chi connectivity index (χ0n) is 13.7. The minimum Gasteiger partial charge on any atom is -0.379 e. The highest BCUT2D eigenvalue weighted by atomic mass is 16.5. The van der Waals surface area contributed by atoms with Crippen molar-refractivity contribution < 1.29 is 9.53 Å². The number of pyridine rings is 1. The molecular formula is C17H21N5O2. The third-order valence-corrected chi connectivity index (χ3v) is 4.11. The minimum absolute atomic E-state index is 0.101. The van der Waals surface area contributed by atoms with E-state index in [2.05, 4.69) is 32.1 Å². The summed E-state index contributed by atoms with van der Waals surface area (Å²) in [6.07, 6.45) is 6.45. The van der Waals surface area contributed by atoms with Crippen molar-refractivity contribution in [3.8, 4) is 11.3 Å². The summed E-state index contributed by atoms with van der Waals surface area (Å²) < 4.78 is 5.35. The summed E-state index contributed by atoms with van der Waals surface area (Å²) in [5, 5.41) is 2.99. The van der Waals surface area contributed by atoms with Crippen molar-refractivity contribution in [1.29, 1.82) is 0 Å². The molecule has 0 aromatic carbocycles. The second-order valence-electron chi connectivity index (χ2n) is 5.76. The Labute approximate surface area is 141 Å². The number of carbonyl (C=O) groups is 1. The molecule has 2 aromatic rings. The number of rotatable bonds is 5. The average molecular weight is 327 g/mol. The van der Waals surface area contributed by atoms with Crippen molar-refractivity contribution in [3.05, 3.63) is 42.6 Å². The van der Waals surface area contributed by atoms with Crippen LogP contribution >= 0.6 is 0 Å². The third-order valence-electron chi connectivity index (χ3n) is 4.11. The zero-order valence-corrected chi connectivity index (χ0v) is 13.7. The van der Waals surface area contributed by atoms with E-state index in [1.165, 1.54) is 6.33 Å². The molecular weight excluding hydrogens is 306 g/mol. The van der Waals surface area contributed by atoms with Gasteiger partial charge < -0.3 is 10.1 Å². The summed E-state index contributed by atoms with van der Waals surface area (Å²) in [5.74, 6) is -0.101. The van der Waals surface area contributed by atoms with Crippen molar-refractivity contribution in [2.45, 2.75) is 13.0 Å². The molecule has 0 unspecified atom stereocenters. The number of morpholine rings is 1. The van der Waals surface area contributed by atoms with E-state index < -0.39 is 0 Å². The molecule has 126 valence electrons. The lowest BCUT2D eigenvalue weighted by molar-refractivity contribution is 0.0204. The van der Waals surface area contributed by atoms with Crippen LogP contribution in [0.1, 0.15) is 17.3 Å². The SMILES string of the molecule is C[C@@H](CNC(=O)c1ccnc(-c2cncnc2)c1)N1CCOCC1. The Morgan fingerprint density at radius 1 is 1.33 bits per heavy atom. The molecule has 0 radical (unpaired) electrons. The lowest BCUT2D eigenvalue weighted by Gasteiger charge is -2.32. The second kappa shape index (κ2) is 7.94. The maximum absolute atomic E-state index is 12.4. The van der Waals surface area contributed by atoms with Crippen LogP contribution < -0.4 is 5.32 Å². The van der Waals surface area contributed by atoms with Crippen LogP contribution in [0.4, 0.5) is 0 Å². The standard InChI is InChI=1S/C17H21N5O2/c1-13(22-4-6-24-7-5-22)9-21-17(23)14-2-3-20-16(8-14)15-10-18-12-19-11-15/h2-3,8,10-13H,4-7,9H2,1H3,(H,21,23)/t13-/m0/s1. The molecule has 1 fully saturated rings. The van der Waals surface area contributed by atoms with Gasteiger partial charge in [0.05, 0.1) is 18.9 Å². The van der Waals surface area contributed by atoms with Crippen LogP contribution in [0.5, 0.6) is 0 Å². The summed E-state index contributed by atoms with van der Waals surface area (Å²) in [7, 11) is 0. The fourth-order valence-corrected chi connectivity index (χ4v) is 2.65. The molecule has 24 heavy (non-hydrogen) atoms. The quantitative estimate of drug-likeness (QED) is 0.882. The molecule has 1 saturated heterocycles. The molecule has 0 saturated carbocycles. The first-order valence-electron chi connectivity index (χ1n) is 8.05. The van der Waals surface area contributed by atoms with E-state index >= 15 is 0 Å². The number of amides is 1. The van der Waals surface area contributed by atoms with Crippen molar-refractivity contribution in [2.24, 2.45) is 0 Å². The number of hydrogen-bond acceptors (Lipinski definition) is 6. The molecule has 1 amide bonds. The average Bonchev–Trinajstić information content (AvgIpc) is 2.67. The smallest absolute Gasteiger partial charge is 0.251 e. The van der Waals surface area contributed by atoms with Gasteiger partial charge in [0.25, 0.3) is 5.91 Å². The number of nitrogens with one attached hydrogen (secondary N) is 1. The fourth-order valence-electron chi connectivity index (χ4n) is 2.65. The number of aromatic nitrogens is 3. The number of hydrogen-bond donors (Lipinski definition) is 1. The van der Waals surface area contributed by atoms with Gasteiger partial charge in [-0.2, -0.15) is 0 Å². The maximum atomic E-state index is 12.4. The lowest BCUT2D eigenvalue weighted by atomic mass is 10.1. The molecule has 0 spiro atoms. The van der Waals surface area contributed by atoms with Crippen LogP contribution in [0.25, 0.3) is 11.3 Å².